The van der Waals surface area contributed by atoms with Crippen molar-refractivity contribution in [1.29, 1.82) is 0 Å². The van der Waals surface area contributed by atoms with Crippen LogP contribution in [0.3, 0.4) is 0 Å². The average Bonchev–Trinajstić information content (AvgIpc) is 3.21. The summed E-state index contributed by atoms with van der Waals surface area (Å²) in [5.41, 5.74) is 2.18. The molecule has 1 aliphatic carbocycles. The second kappa shape index (κ2) is 10.5. The van der Waals surface area contributed by atoms with Crippen LogP contribution in [0.4, 0.5) is 5.69 Å². The molecule has 2 fully saturated rings. The van der Waals surface area contributed by atoms with Crippen LogP contribution in [0.1, 0.15) is 31.7 Å². The highest BCUT2D eigenvalue weighted by Crippen LogP contribution is 2.41. The van der Waals surface area contributed by atoms with Gasteiger partial charge in [0.25, 0.3) is 0 Å². The molecule has 1 saturated carbocycles. The summed E-state index contributed by atoms with van der Waals surface area (Å²) < 4.78 is 5.36. The SMILES string of the molecule is CC(C)c1ccc(NC2=N[C@@H]3[C@@H](O)[C@H](O)C[C@H](C(=O)NCCN4CCOCC4)[C@H]3S2)cc1. The number of ether oxygens (including phenoxy) is 1. The molecule has 2 heterocycles. The van der Waals surface area contributed by atoms with Crippen LogP contribution in [0.15, 0.2) is 29.3 Å². The number of hydrogen-bond donors (Lipinski definition) is 4. The van der Waals surface area contributed by atoms with E-state index in [1.165, 1.54) is 17.3 Å². The standard InChI is InChI=1S/C23H34N4O4S/c1-14(2)15-3-5-16(6-4-15)25-23-26-19-20(29)18(28)13-17(21(19)32-23)22(30)24-7-8-27-9-11-31-12-10-27/h3-6,14,17-21,28-29H,7-13H2,1-2H3,(H,24,30)(H,25,26)/t17-,18+,19+,20-,21+/m0/s1. The van der Waals surface area contributed by atoms with Gasteiger partial charge in [-0.2, -0.15) is 0 Å². The van der Waals surface area contributed by atoms with Crippen LogP contribution in [0.2, 0.25) is 0 Å². The molecule has 4 rings (SSSR count). The minimum Gasteiger partial charge on any atom is -0.390 e. The van der Waals surface area contributed by atoms with Gasteiger partial charge in [-0.3, -0.25) is 14.7 Å². The van der Waals surface area contributed by atoms with Crippen molar-refractivity contribution in [3.8, 4) is 0 Å². The molecule has 1 aromatic rings. The quantitative estimate of drug-likeness (QED) is 0.504. The highest BCUT2D eigenvalue weighted by atomic mass is 32.2. The molecule has 9 heteroatoms. The molecule has 3 aliphatic rings. The molecule has 1 amide bonds. The molecular formula is C23H34N4O4S. The number of nitrogens with one attached hydrogen (secondary N) is 2. The van der Waals surface area contributed by atoms with Crippen molar-refractivity contribution in [2.24, 2.45) is 10.9 Å². The molecule has 176 valence electrons. The van der Waals surface area contributed by atoms with Gasteiger partial charge in [0.15, 0.2) is 5.17 Å². The molecule has 1 aromatic carbocycles. The second-order valence-corrected chi connectivity index (χ2v) is 10.2. The normalized spacial score (nSPS) is 30.7. The average molecular weight is 463 g/mol. The Labute approximate surface area is 193 Å². The van der Waals surface area contributed by atoms with Gasteiger partial charge in [-0.1, -0.05) is 37.7 Å². The van der Waals surface area contributed by atoms with E-state index in [0.29, 0.717) is 17.6 Å². The smallest absolute Gasteiger partial charge is 0.224 e. The zero-order valence-electron chi connectivity index (χ0n) is 18.7. The van der Waals surface area contributed by atoms with Gasteiger partial charge in [-0.25, -0.2) is 0 Å². The summed E-state index contributed by atoms with van der Waals surface area (Å²) in [6, 6.07) is 7.70. The number of aliphatic hydroxyl groups is 2. The number of aliphatic hydroxyl groups excluding tert-OH is 2. The lowest BCUT2D eigenvalue weighted by atomic mass is 9.81. The fourth-order valence-corrected chi connectivity index (χ4v) is 5.85. The van der Waals surface area contributed by atoms with Crippen molar-refractivity contribution < 1.29 is 19.7 Å². The van der Waals surface area contributed by atoms with Crippen LogP contribution in [0.25, 0.3) is 0 Å². The van der Waals surface area contributed by atoms with Gasteiger partial charge >= 0.3 is 0 Å². The van der Waals surface area contributed by atoms with Crippen LogP contribution < -0.4 is 10.6 Å². The Hall–Kier alpha value is -1.65. The zero-order valence-corrected chi connectivity index (χ0v) is 19.6. The van der Waals surface area contributed by atoms with Crippen LogP contribution in [-0.2, 0) is 9.53 Å². The van der Waals surface area contributed by atoms with E-state index in [4.69, 9.17) is 4.74 Å². The summed E-state index contributed by atoms with van der Waals surface area (Å²) in [7, 11) is 0. The summed E-state index contributed by atoms with van der Waals surface area (Å²) in [6.07, 6.45) is -1.68. The summed E-state index contributed by atoms with van der Waals surface area (Å²) >= 11 is 1.48. The van der Waals surface area contributed by atoms with E-state index in [9.17, 15) is 15.0 Å². The third-order valence-electron chi connectivity index (χ3n) is 6.48. The summed E-state index contributed by atoms with van der Waals surface area (Å²) in [6.45, 7) is 8.88. The fourth-order valence-electron chi connectivity index (χ4n) is 4.48. The van der Waals surface area contributed by atoms with Crippen molar-refractivity contribution in [2.45, 2.75) is 49.7 Å². The van der Waals surface area contributed by atoms with Gasteiger partial charge in [0, 0.05) is 37.1 Å². The first-order valence-electron chi connectivity index (χ1n) is 11.5. The van der Waals surface area contributed by atoms with Crippen molar-refractivity contribution in [2.75, 3.05) is 44.7 Å². The van der Waals surface area contributed by atoms with E-state index < -0.39 is 24.2 Å². The van der Waals surface area contributed by atoms with Crippen molar-refractivity contribution in [1.82, 2.24) is 10.2 Å². The third kappa shape index (κ3) is 5.46. The summed E-state index contributed by atoms with van der Waals surface area (Å²) in [4.78, 5) is 19.9. The van der Waals surface area contributed by atoms with E-state index in [1.54, 1.807) is 0 Å². The minimum atomic E-state index is -0.965. The van der Waals surface area contributed by atoms with Gasteiger partial charge in [-0.05, 0) is 30.0 Å². The van der Waals surface area contributed by atoms with Crippen molar-refractivity contribution in [3.63, 3.8) is 0 Å². The minimum absolute atomic E-state index is 0.0792. The lowest BCUT2D eigenvalue weighted by Gasteiger charge is -2.37. The number of carbonyl (C=O) groups is 1. The van der Waals surface area contributed by atoms with Crippen molar-refractivity contribution in [3.05, 3.63) is 29.8 Å². The second-order valence-electron chi connectivity index (χ2n) is 9.05. The molecule has 8 nitrogen and oxygen atoms in total. The number of carbonyl (C=O) groups excluding carboxylic acids is 1. The molecule has 0 radical (unpaired) electrons. The van der Waals surface area contributed by atoms with Gasteiger partial charge in [-0.15, -0.1) is 0 Å². The lowest BCUT2D eigenvalue weighted by Crippen LogP contribution is -2.54. The number of amides is 1. The maximum atomic E-state index is 13.0. The molecular weight excluding hydrogens is 428 g/mol. The summed E-state index contributed by atoms with van der Waals surface area (Å²) in [5, 5.41) is 27.7. The molecule has 2 aliphatic heterocycles. The molecule has 32 heavy (non-hydrogen) atoms. The number of benzene rings is 1. The zero-order chi connectivity index (χ0) is 22.7. The predicted molar refractivity (Wildman–Crippen MR) is 127 cm³/mol. The van der Waals surface area contributed by atoms with Gasteiger partial charge < -0.3 is 25.6 Å². The first kappa shape index (κ1) is 23.5. The van der Waals surface area contributed by atoms with E-state index in [0.717, 1.165) is 38.5 Å². The van der Waals surface area contributed by atoms with Gasteiger partial charge in [0.1, 0.15) is 6.10 Å². The number of nitrogens with zero attached hydrogens (tertiary/aromatic N) is 2. The molecule has 0 bridgehead atoms. The molecule has 1 saturated heterocycles. The predicted octanol–water partition coefficient (Wildman–Crippen LogP) is 1.25. The van der Waals surface area contributed by atoms with E-state index >= 15 is 0 Å². The maximum absolute atomic E-state index is 13.0. The number of fused-ring (bicyclic) bond motifs is 1. The summed E-state index contributed by atoms with van der Waals surface area (Å²) in [5.74, 6) is -0.0202. The highest BCUT2D eigenvalue weighted by molar-refractivity contribution is 8.15. The Morgan fingerprint density at radius 3 is 2.66 bits per heavy atom. The number of morpholine rings is 1. The Morgan fingerprint density at radius 1 is 1.25 bits per heavy atom. The van der Waals surface area contributed by atoms with Gasteiger partial charge in [0.2, 0.25) is 5.91 Å². The first-order valence-corrected chi connectivity index (χ1v) is 12.4. The number of anilines is 1. The van der Waals surface area contributed by atoms with Crippen LogP contribution >= 0.6 is 11.8 Å². The monoisotopic (exact) mass is 462 g/mol. The van der Waals surface area contributed by atoms with E-state index in [1.807, 2.05) is 12.1 Å². The van der Waals surface area contributed by atoms with Crippen LogP contribution in [0.5, 0.6) is 0 Å². The lowest BCUT2D eigenvalue weighted by molar-refractivity contribution is -0.129. The number of aliphatic imine (C=N–C) groups is 1. The Morgan fingerprint density at radius 2 is 1.97 bits per heavy atom. The third-order valence-corrected chi connectivity index (χ3v) is 7.79. The topological polar surface area (TPSA) is 106 Å². The number of hydrogen-bond acceptors (Lipinski definition) is 8. The van der Waals surface area contributed by atoms with E-state index in [2.05, 4.69) is 46.5 Å². The van der Waals surface area contributed by atoms with E-state index in [-0.39, 0.29) is 17.6 Å². The fraction of sp³-hybridized carbons (Fsp3) is 0.652. The number of amidine groups is 1. The molecule has 0 aromatic heterocycles. The van der Waals surface area contributed by atoms with Crippen LogP contribution in [0, 0.1) is 5.92 Å². The Balaban J connectivity index is 1.36. The largest absolute Gasteiger partial charge is 0.390 e. The highest BCUT2D eigenvalue weighted by Gasteiger charge is 2.50. The van der Waals surface area contributed by atoms with Crippen LogP contribution in [-0.4, -0.2) is 89.1 Å². The van der Waals surface area contributed by atoms with Gasteiger partial charge in [0.05, 0.1) is 31.3 Å². The Bertz CT molecular complexity index is 813. The first-order chi connectivity index (χ1) is 15.4. The van der Waals surface area contributed by atoms with Crippen molar-refractivity contribution >= 4 is 28.5 Å². The number of rotatable bonds is 6. The molecule has 0 unspecified atom stereocenters. The number of thioether (sulfide) groups is 1. The molecule has 0 spiro atoms. The Kier molecular flexibility index (Phi) is 7.73. The molecule has 5 atom stereocenters. The maximum Gasteiger partial charge on any atom is 0.224 e. The molecule has 4 N–H and O–H groups in total.